The van der Waals surface area contributed by atoms with Gasteiger partial charge in [0, 0.05) is 13.1 Å². The molecule has 2 amide bonds. The Kier molecular flexibility index (Phi) is 6.38. The Morgan fingerprint density at radius 1 is 1.24 bits per heavy atom. The number of primary amides is 1. The van der Waals surface area contributed by atoms with Crippen molar-refractivity contribution >= 4 is 17.8 Å². The number of nitrogens with zero attached hydrogens (tertiary/aromatic N) is 1. The van der Waals surface area contributed by atoms with Gasteiger partial charge in [-0.3, -0.25) is 9.59 Å². The molecule has 1 saturated heterocycles. The molecule has 1 fully saturated rings. The molecule has 0 saturated carbocycles. The summed E-state index contributed by atoms with van der Waals surface area (Å²) >= 11 is 0. The van der Waals surface area contributed by atoms with E-state index in [1.807, 2.05) is 26.0 Å². The number of amides is 2. The van der Waals surface area contributed by atoms with Crippen LogP contribution in [0.2, 0.25) is 0 Å². The van der Waals surface area contributed by atoms with Gasteiger partial charge in [0.05, 0.1) is 5.92 Å². The molecular weight excluding hydrogens is 324 g/mol. The van der Waals surface area contributed by atoms with Crippen molar-refractivity contribution in [1.82, 2.24) is 4.90 Å². The highest BCUT2D eigenvalue weighted by Crippen LogP contribution is 2.19. The highest BCUT2D eigenvalue weighted by atomic mass is 16.6. The van der Waals surface area contributed by atoms with Crippen molar-refractivity contribution < 1.29 is 23.9 Å². The number of aryl methyl sites for hydroxylation is 2. The third-order valence-corrected chi connectivity index (χ3v) is 4.21. The van der Waals surface area contributed by atoms with Gasteiger partial charge < -0.3 is 20.1 Å². The molecule has 2 rings (SSSR count). The summed E-state index contributed by atoms with van der Waals surface area (Å²) in [6, 6.07) is 5.64. The van der Waals surface area contributed by atoms with Crippen molar-refractivity contribution in [3.05, 3.63) is 29.3 Å². The maximum absolute atomic E-state index is 12.1. The van der Waals surface area contributed by atoms with E-state index in [2.05, 4.69) is 0 Å². The zero-order valence-electron chi connectivity index (χ0n) is 14.6. The van der Waals surface area contributed by atoms with Crippen LogP contribution in [0.25, 0.3) is 0 Å². The lowest BCUT2D eigenvalue weighted by molar-refractivity contribution is -0.154. The first kappa shape index (κ1) is 18.8. The van der Waals surface area contributed by atoms with Gasteiger partial charge >= 0.3 is 5.97 Å². The van der Waals surface area contributed by atoms with Crippen LogP contribution in [-0.2, 0) is 19.1 Å². The Labute approximate surface area is 147 Å². The van der Waals surface area contributed by atoms with E-state index in [4.69, 9.17) is 15.2 Å². The monoisotopic (exact) mass is 348 g/mol. The fourth-order valence-electron chi connectivity index (χ4n) is 2.81. The number of carbonyl (C=O) groups excluding carboxylic acids is 3. The predicted molar refractivity (Wildman–Crippen MR) is 90.9 cm³/mol. The van der Waals surface area contributed by atoms with E-state index in [1.165, 1.54) is 4.90 Å². The number of benzene rings is 1. The molecule has 1 aliphatic heterocycles. The summed E-state index contributed by atoms with van der Waals surface area (Å²) in [7, 11) is 0. The first-order chi connectivity index (χ1) is 11.9. The minimum atomic E-state index is -0.614. The first-order valence-electron chi connectivity index (χ1n) is 8.29. The molecule has 0 unspecified atom stereocenters. The Balaban J connectivity index is 1.75. The second kappa shape index (κ2) is 8.50. The van der Waals surface area contributed by atoms with Crippen molar-refractivity contribution in [2.45, 2.75) is 26.7 Å². The molecule has 136 valence electrons. The van der Waals surface area contributed by atoms with Gasteiger partial charge in [-0.15, -0.1) is 0 Å². The molecule has 0 aromatic heterocycles. The van der Waals surface area contributed by atoms with Gasteiger partial charge in [-0.05, 0) is 38.3 Å². The molecule has 1 atom stereocenters. The van der Waals surface area contributed by atoms with Crippen molar-refractivity contribution in [2.75, 3.05) is 26.3 Å². The average molecular weight is 348 g/mol. The first-order valence-corrected chi connectivity index (χ1v) is 8.29. The number of piperidine rings is 1. The minimum absolute atomic E-state index is 0.263. The largest absolute Gasteiger partial charge is 0.482 e. The van der Waals surface area contributed by atoms with Gasteiger partial charge in [-0.2, -0.15) is 0 Å². The third-order valence-electron chi connectivity index (χ3n) is 4.21. The van der Waals surface area contributed by atoms with E-state index in [9.17, 15) is 14.4 Å². The van der Waals surface area contributed by atoms with Gasteiger partial charge in [0.2, 0.25) is 5.91 Å². The second-order valence-electron chi connectivity index (χ2n) is 6.30. The van der Waals surface area contributed by atoms with Crippen LogP contribution in [0.4, 0.5) is 0 Å². The maximum atomic E-state index is 12.1. The lowest BCUT2D eigenvalue weighted by Gasteiger charge is -2.31. The molecular formula is C18H24N2O5. The molecule has 1 aromatic carbocycles. The molecule has 1 aromatic rings. The topological polar surface area (TPSA) is 98.9 Å². The Hall–Kier alpha value is -2.57. The quantitative estimate of drug-likeness (QED) is 0.772. The normalized spacial score (nSPS) is 17.0. The molecule has 0 aliphatic carbocycles. The van der Waals surface area contributed by atoms with Gasteiger partial charge in [0.25, 0.3) is 5.91 Å². The van der Waals surface area contributed by atoms with Crippen LogP contribution in [0.5, 0.6) is 5.75 Å². The second-order valence-corrected chi connectivity index (χ2v) is 6.30. The van der Waals surface area contributed by atoms with Gasteiger partial charge in [0.1, 0.15) is 5.75 Å². The van der Waals surface area contributed by atoms with Crippen molar-refractivity contribution in [2.24, 2.45) is 11.7 Å². The Morgan fingerprint density at radius 3 is 2.68 bits per heavy atom. The third kappa shape index (κ3) is 5.48. The van der Waals surface area contributed by atoms with Crippen molar-refractivity contribution in [1.29, 1.82) is 0 Å². The van der Waals surface area contributed by atoms with Crippen LogP contribution in [0.1, 0.15) is 24.0 Å². The maximum Gasteiger partial charge on any atom is 0.344 e. The Morgan fingerprint density at radius 2 is 2.00 bits per heavy atom. The number of nitrogens with two attached hydrogens (primary N) is 1. The van der Waals surface area contributed by atoms with Crippen LogP contribution < -0.4 is 10.5 Å². The molecule has 0 bridgehead atoms. The Bertz CT molecular complexity index is 659. The van der Waals surface area contributed by atoms with E-state index in [0.717, 1.165) is 11.1 Å². The van der Waals surface area contributed by atoms with Crippen LogP contribution >= 0.6 is 0 Å². The fraction of sp³-hybridized carbons (Fsp3) is 0.500. The summed E-state index contributed by atoms with van der Waals surface area (Å²) < 4.78 is 10.4. The highest BCUT2D eigenvalue weighted by molar-refractivity contribution is 5.82. The summed E-state index contributed by atoms with van der Waals surface area (Å²) in [4.78, 5) is 36.6. The summed E-state index contributed by atoms with van der Waals surface area (Å²) in [6.07, 6.45) is 1.39. The van der Waals surface area contributed by atoms with E-state index in [1.54, 1.807) is 6.07 Å². The van der Waals surface area contributed by atoms with Crippen LogP contribution in [-0.4, -0.2) is 49.0 Å². The molecule has 25 heavy (non-hydrogen) atoms. The zero-order chi connectivity index (χ0) is 18.4. The van der Waals surface area contributed by atoms with Crippen LogP contribution in [0, 0.1) is 19.8 Å². The van der Waals surface area contributed by atoms with Gasteiger partial charge in [-0.25, -0.2) is 4.79 Å². The van der Waals surface area contributed by atoms with Gasteiger partial charge in [0.15, 0.2) is 13.2 Å². The minimum Gasteiger partial charge on any atom is -0.482 e. The summed E-state index contributed by atoms with van der Waals surface area (Å²) in [5, 5.41) is 0. The van der Waals surface area contributed by atoms with Crippen molar-refractivity contribution in [3.63, 3.8) is 0 Å². The number of rotatable bonds is 6. The van der Waals surface area contributed by atoms with E-state index < -0.39 is 11.9 Å². The fourth-order valence-corrected chi connectivity index (χ4v) is 2.81. The number of carbonyl (C=O) groups is 3. The van der Waals surface area contributed by atoms with E-state index in [-0.39, 0.29) is 31.6 Å². The highest BCUT2D eigenvalue weighted by Gasteiger charge is 2.27. The molecule has 0 spiro atoms. The average Bonchev–Trinajstić information content (AvgIpc) is 2.59. The standard InChI is InChI=1S/C18H24N2O5/c1-12-5-6-15(13(2)8-12)24-11-17(22)25-10-16(21)20-7-3-4-14(9-20)18(19)23/h5-6,8,14H,3-4,7,9-11H2,1-2H3,(H2,19,23)/t14-/m1/s1. The van der Waals surface area contributed by atoms with E-state index >= 15 is 0 Å². The molecule has 0 radical (unpaired) electrons. The molecule has 1 heterocycles. The summed E-state index contributed by atoms with van der Waals surface area (Å²) in [5.41, 5.74) is 7.32. The number of hydrogen-bond donors (Lipinski definition) is 1. The van der Waals surface area contributed by atoms with Crippen molar-refractivity contribution in [3.8, 4) is 5.75 Å². The number of hydrogen-bond acceptors (Lipinski definition) is 5. The predicted octanol–water partition coefficient (Wildman–Crippen LogP) is 0.949. The lowest BCUT2D eigenvalue weighted by atomic mass is 9.97. The number of esters is 1. The van der Waals surface area contributed by atoms with E-state index in [0.29, 0.717) is 25.1 Å². The molecule has 2 N–H and O–H groups in total. The zero-order valence-corrected chi connectivity index (χ0v) is 14.6. The lowest BCUT2D eigenvalue weighted by Crippen LogP contribution is -2.45. The number of ether oxygens (including phenoxy) is 2. The molecule has 7 nitrogen and oxygen atoms in total. The summed E-state index contributed by atoms with van der Waals surface area (Å²) in [6.45, 7) is 4.06. The molecule has 1 aliphatic rings. The van der Waals surface area contributed by atoms with Crippen LogP contribution in [0.15, 0.2) is 18.2 Å². The molecule has 7 heteroatoms. The smallest absolute Gasteiger partial charge is 0.344 e. The van der Waals surface area contributed by atoms with Crippen LogP contribution in [0.3, 0.4) is 0 Å². The summed E-state index contributed by atoms with van der Waals surface area (Å²) in [5.74, 6) is -1.07. The SMILES string of the molecule is Cc1ccc(OCC(=O)OCC(=O)N2CCC[C@@H](C(N)=O)C2)c(C)c1. The van der Waals surface area contributed by atoms with Gasteiger partial charge in [-0.1, -0.05) is 17.7 Å². The number of likely N-dealkylation sites (tertiary alicyclic amines) is 1.